The van der Waals surface area contributed by atoms with Crippen LogP contribution >= 0.6 is 0 Å². The van der Waals surface area contributed by atoms with Gasteiger partial charge in [0.15, 0.2) is 40.5 Å². The summed E-state index contributed by atoms with van der Waals surface area (Å²) in [7, 11) is 0. The number of unbranched alkanes of at least 4 members (excludes halogenated alkanes) is 2. The number of halogens is 5. The number of benzene rings is 1. The average Bonchev–Trinajstić information content (AvgIpc) is 3.22. The molecule has 312 valence electrons. The number of Topliss-reactive ketones (excluding diaryl/α,β-unsaturated/α-hetero) is 2. The fourth-order valence-corrected chi connectivity index (χ4v) is 4.68. The highest BCUT2D eigenvalue weighted by molar-refractivity contribution is 5.98. The van der Waals surface area contributed by atoms with Crippen molar-refractivity contribution in [3.05, 3.63) is 113 Å². The lowest BCUT2D eigenvalue weighted by atomic mass is 10.0. The Morgan fingerprint density at radius 1 is 0.754 bits per heavy atom. The van der Waals surface area contributed by atoms with Crippen LogP contribution in [0.2, 0.25) is 0 Å². The highest BCUT2D eigenvalue weighted by Gasteiger charge is 2.25. The van der Waals surface area contributed by atoms with E-state index in [1.54, 1.807) is 18.2 Å². The van der Waals surface area contributed by atoms with Crippen LogP contribution in [0.5, 0.6) is 5.75 Å². The first kappa shape index (κ1) is 49.5. The molecule has 1 aromatic carbocycles. The molecule has 6 N–H and O–H groups in total. The van der Waals surface area contributed by atoms with Gasteiger partial charge in [-0.2, -0.15) is 4.39 Å². The minimum absolute atomic E-state index is 0.252. The van der Waals surface area contributed by atoms with Crippen molar-refractivity contribution in [3.8, 4) is 5.75 Å². The number of aromatic nitrogens is 2. The van der Waals surface area contributed by atoms with E-state index in [9.17, 15) is 41.1 Å². The van der Waals surface area contributed by atoms with Crippen molar-refractivity contribution in [1.82, 2.24) is 20.6 Å². The Kier molecular flexibility index (Phi) is 24.2. The van der Waals surface area contributed by atoms with Crippen LogP contribution in [-0.2, 0) is 14.3 Å². The zero-order valence-corrected chi connectivity index (χ0v) is 32.5. The van der Waals surface area contributed by atoms with Crippen molar-refractivity contribution in [1.29, 1.82) is 0 Å². The first-order valence-electron chi connectivity index (χ1n) is 18.3. The molecule has 0 radical (unpaired) electrons. The van der Waals surface area contributed by atoms with Crippen molar-refractivity contribution < 1.29 is 50.6 Å². The second kappa shape index (κ2) is 27.9. The summed E-state index contributed by atoms with van der Waals surface area (Å²) in [4.78, 5) is 57.2. The van der Waals surface area contributed by atoms with E-state index in [4.69, 9.17) is 20.9 Å². The van der Waals surface area contributed by atoms with Crippen molar-refractivity contribution in [2.45, 2.75) is 78.3 Å². The molecule has 0 saturated carbocycles. The Morgan fingerprint density at radius 3 is 1.65 bits per heavy atom. The van der Waals surface area contributed by atoms with Crippen LogP contribution in [0.15, 0.2) is 84.7 Å². The summed E-state index contributed by atoms with van der Waals surface area (Å²) >= 11 is 0. The molecule has 2 atom stereocenters. The number of carbonyl (C=O) groups is 4. The molecule has 2 heterocycles. The Labute approximate surface area is 329 Å². The van der Waals surface area contributed by atoms with E-state index in [-0.39, 0.29) is 12.0 Å². The van der Waals surface area contributed by atoms with E-state index < -0.39 is 89.3 Å². The molecule has 2 amide bonds. The lowest BCUT2D eigenvalue weighted by molar-refractivity contribution is -0.124. The van der Waals surface area contributed by atoms with Gasteiger partial charge in [-0.05, 0) is 108 Å². The number of ketones is 2. The van der Waals surface area contributed by atoms with Gasteiger partial charge in [-0.15, -0.1) is 0 Å². The zero-order valence-electron chi connectivity index (χ0n) is 32.5. The number of nitrogens with two attached hydrogens (primary N) is 2. The van der Waals surface area contributed by atoms with Crippen LogP contribution in [0.4, 0.5) is 22.0 Å². The van der Waals surface area contributed by atoms with Crippen LogP contribution in [0.1, 0.15) is 86.9 Å². The second-order valence-electron chi connectivity index (χ2n) is 11.8. The van der Waals surface area contributed by atoms with Gasteiger partial charge in [0, 0.05) is 24.8 Å². The number of pyridine rings is 2. The number of nitrogens with one attached hydrogen (secondary N) is 2. The van der Waals surface area contributed by atoms with E-state index in [1.807, 2.05) is 13.8 Å². The van der Waals surface area contributed by atoms with Crippen LogP contribution in [0.25, 0.3) is 0 Å². The minimum Gasteiger partial charge on any atom is -0.480 e. The zero-order chi connectivity index (χ0) is 42.8. The molecule has 0 bridgehead atoms. The standard InChI is InChI=1S/C19H20F3N3O3.C19H25F2N3O3.C2H6/c20-13-6-7-14(21)18(17(13)22)28-11-16(26)15(5-1-2-8-23)25-19(27)12-4-3-9-24-10-12;1-3-15(21)18(13(2)20)27-12-17(25)16(8-4-5-9-22)24-19(26)14-7-6-10-23-11-14;1-2/h3-4,6-7,9-10,15H,1-2,5,8,11,23H2,(H,25,27);3,6-7,10-11,16H,4-5,8-9,12,22H2,1-2H3,(H,24,26);1-2H3/b;15-3+,18-13-;. The van der Waals surface area contributed by atoms with Gasteiger partial charge >= 0.3 is 0 Å². The Morgan fingerprint density at radius 2 is 1.23 bits per heavy atom. The summed E-state index contributed by atoms with van der Waals surface area (Å²) < 4.78 is 77.4. The molecule has 0 spiro atoms. The molecule has 0 fully saturated rings. The van der Waals surface area contributed by atoms with E-state index in [1.165, 1.54) is 37.8 Å². The third-order valence-corrected chi connectivity index (χ3v) is 7.63. The minimum atomic E-state index is -1.52. The second-order valence-corrected chi connectivity index (χ2v) is 11.8. The number of carbonyl (C=O) groups excluding carboxylic acids is 4. The highest BCUT2D eigenvalue weighted by Crippen LogP contribution is 2.24. The number of allylic oxidation sites excluding steroid dienone is 3. The molecule has 3 aromatic rings. The molecule has 17 heteroatoms. The monoisotopic (exact) mass is 806 g/mol. The summed E-state index contributed by atoms with van der Waals surface area (Å²) in [5, 5.41) is 5.18. The van der Waals surface area contributed by atoms with Gasteiger partial charge < -0.3 is 31.6 Å². The van der Waals surface area contributed by atoms with Gasteiger partial charge in [-0.3, -0.25) is 29.1 Å². The molecule has 2 unspecified atom stereocenters. The molecule has 0 aliphatic heterocycles. The predicted molar refractivity (Wildman–Crippen MR) is 205 cm³/mol. The third-order valence-electron chi connectivity index (χ3n) is 7.63. The Bertz CT molecular complexity index is 1760. The average molecular weight is 807 g/mol. The maximum atomic E-state index is 13.7. The molecular weight excluding hydrogens is 755 g/mol. The van der Waals surface area contributed by atoms with Crippen LogP contribution in [-0.4, -0.2) is 71.7 Å². The molecule has 2 aromatic heterocycles. The van der Waals surface area contributed by atoms with Gasteiger partial charge in [0.2, 0.25) is 5.82 Å². The maximum absolute atomic E-state index is 13.7. The molecular formula is C40H51F5N6O6. The molecule has 0 aliphatic carbocycles. The first-order chi connectivity index (χ1) is 27.3. The van der Waals surface area contributed by atoms with Crippen LogP contribution in [0, 0.1) is 17.5 Å². The molecule has 57 heavy (non-hydrogen) atoms. The van der Waals surface area contributed by atoms with Gasteiger partial charge in [0.25, 0.3) is 11.8 Å². The number of rotatable bonds is 21. The highest BCUT2D eigenvalue weighted by atomic mass is 19.2. The Hall–Kier alpha value is -5.55. The Balaban J connectivity index is 0.000000547. The SMILES string of the molecule is C/C=C(F)\C(OCC(=O)C(CCCCN)NC(=O)c1cccnc1)=C(/C)F.CC.NCCCCC(NC(=O)c1cccnc1)C(=O)COc1c(F)ccc(F)c1F. The summed E-state index contributed by atoms with van der Waals surface area (Å²) in [5.74, 6) is -9.43. The molecule has 0 aliphatic rings. The largest absolute Gasteiger partial charge is 0.480 e. The van der Waals surface area contributed by atoms with Crippen molar-refractivity contribution in [3.63, 3.8) is 0 Å². The summed E-state index contributed by atoms with van der Waals surface area (Å²) in [5.41, 5.74) is 11.5. The number of hydrogen-bond donors (Lipinski definition) is 4. The lowest BCUT2D eigenvalue weighted by Gasteiger charge is -2.18. The number of amides is 2. The lowest BCUT2D eigenvalue weighted by Crippen LogP contribution is -2.43. The molecule has 0 saturated heterocycles. The topological polar surface area (TPSA) is 189 Å². The van der Waals surface area contributed by atoms with Crippen molar-refractivity contribution >= 4 is 23.4 Å². The van der Waals surface area contributed by atoms with Crippen molar-refractivity contribution in [2.75, 3.05) is 26.3 Å². The van der Waals surface area contributed by atoms with Gasteiger partial charge in [-0.1, -0.05) is 13.8 Å². The van der Waals surface area contributed by atoms with Crippen molar-refractivity contribution in [2.24, 2.45) is 11.5 Å². The van der Waals surface area contributed by atoms with E-state index in [2.05, 4.69) is 20.6 Å². The molecule has 12 nitrogen and oxygen atoms in total. The summed E-state index contributed by atoms with van der Waals surface area (Å²) in [6, 6.07) is 5.75. The first-order valence-corrected chi connectivity index (χ1v) is 18.3. The smallest absolute Gasteiger partial charge is 0.253 e. The fourth-order valence-electron chi connectivity index (χ4n) is 4.68. The maximum Gasteiger partial charge on any atom is 0.253 e. The van der Waals surface area contributed by atoms with E-state index in [0.29, 0.717) is 62.9 Å². The van der Waals surface area contributed by atoms with Gasteiger partial charge in [0.1, 0.15) is 19.0 Å². The van der Waals surface area contributed by atoms with Crippen LogP contribution < -0.4 is 26.8 Å². The van der Waals surface area contributed by atoms with E-state index >= 15 is 0 Å². The number of ether oxygens (including phenoxy) is 2. The number of hydrogen-bond acceptors (Lipinski definition) is 10. The quantitative estimate of drug-likeness (QED) is 0.0310. The van der Waals surface area contributed by atoms with Crippen LogP contribution in [0.3, 0.4) is 0 Å². The van der Waals surface area contributed by atoms with E-state index in [0.717, 1.165) is 13.0 Å². The normalized spacial score (nSPS) is 12.3. The summed E-state index contributed by atoms with van der Waals surface area (Å²) in [6.07, 6.45) is 9.82. The van der Waals surface area contributed by atoms with Gasteiger partial charge in [0.05, 0.1) is 23.2 Å². The number of nitrogens with zero attached hydrogens (tertiary/aromatic N) is 2. The third kappa shape index (κ3) is 17.9. The summed E-state index contributed by atoms with van der Waals surface area (Å²) in [6.45, 7) is 5.97. The molecule has 3 rings (SSSR count). The van der Waals surface area contributed by atoms with Gasteiger partial charge in [-0.25, -0.2) is 17.6 Å². The predicted octanol–water partition coefficient (Wildman–Crippen LogP) is 6.37. The fraction of sp³-hybridized carbons (Fsp3) is 0.400.